The molecule has 0 spiro atoms. The minimum absolute atomic E-state index is 0.0768. The van der Waals surface area contributed by atoms with Crippen molar-refractivity contribution in [2.45, 2.75) is 37.8 Å². The van der Waals surface area contributed by atoms with Gasteiger partial charge in [0.1, 0.15) is 11.6 Å². The van der Waals surface area contributed by atoms with Gasteiger partial charge in [0.15, 0.2) is 0 Å². The fourth-order valence-corrected chi connectivity index (χ4v) is 3.79. The molecular weight excluding hydrogens is 445 g/mol. The molecule has 1 aromatic carbocycles. The first-order valence-corrected chi connectivity index (χ1v) is 10.3. The molecule has 0 saturated carbocycles. The second kappa shape index (κ2) is 9.64. The number of carbonyl (C=O) groups excluding carboxylic acids is 2. The molecule has 2 aromatic rings. The zero-order valence-electron chi connectivity index (χ0n) is 16.7. The van der Waals surface area contributed by atoms with Crippen molar-refractivity contribution >= 4 is 46.7 Å². The second-order valence-electron chi connectivity index (χ2n) is 7.38. The van der Waals surface area contributed by atoms with Crippen molar-refractivity contribution < 1.29 is 24.2 Å². The molecule has 8 nitrogen and oxygen atoms in total. The average Bonchev–Trinajstić information content (AvgIpc) is 3.16. The number of nitrogens with one attached hydrogen (secondary N) is 2. The lowest BCUT2D eigenvalue weighted by Crippen LogP contribution is -2.51. The van der Waals surface area contributed by atoms with Gasteiger partial charge >= 0.3 is 5.97 Å². The Labute approximate surface area is 188 Å². The highest BCUT2D eigenvalue weighted by molar-refractivity contribution is 6.40. The number of nitrogens with zero attached hydrogens (tertiary/aromatic N) is 1. The van der Waals surface area contributed by atoms with Crippen molar-refractivity contribution in [3.63, 3.8) is 0 Å². The smallest absolute Gasteiger partial charge is 0.326 e. The Kier molecular flexibility index (Phi) is 7.15. The van der Waals surface area contributed by atoms with E-state index in [0.29, 0.717) is 24.3 Å². The summed E-state index contributed by atoms with van der Waals surface area (Å²) in [7, 11) is 0. The third kappa shape index (κ3) is 5.52. The van der Waals surface area contributed by atoms with Crippen LogP contribution in [0.4, 0.5) is 5.69 Å². The Bertz CT molecular complexity index is 971. The highest BCUT2D eigenvalue weighted by atomic mass is 35.5. The van der Waals surface area contributed by atoms with Crippen LogP contribution >= 0.6 is 23.2 Å². The summed E-state index contributed by atoms with van der Waals surface area (Å²) in [6, 6.07) is 5.47. The van der Waals surface area contributed by atoms with Crippen LogP contribution < -0.4 is 10.6 Å². The molecule has 2 heterocycles. The maximum Gasteiger partial charge on any atom is 0.326 e. The van der Waals surface area contributed by atoms with E-state index in [9.17, 15) is 19.5 Å². The van der Waals surface area contributed by atoms with E-state index in [1.54, 1.807) is 31.2 Å². The van der Waals surface area contributed by atoms with E-state index in [-0.39, 0.29) is 22.0 Å². The van der Waals surface area contributed by atoms with Gasteiger partial charge in [0.05, 0.1) is 15.6 Å². The Morgan fingerprint density at radius 3 is 2.39 bits per heavy atom. The summed E-state index contributed by atoms with van der Waals surface area (Å²) in [6.45, 7) is 2.14. The Morgan fingerprint density at radius 2 is 1.84 bits per heavy atom. The monoisotopic (exact) mass is 465 g/mol. The minimum Gasteiger partial charge on any atom is -0.480 e. The predicted molar refractivity (Wildman–Crippen MR) is 116 cm³/mol. The maximum atomic E-state index is 12.5. The standard InChI is InChI=1S/C21H21Cl2N3O5/c1-21(7-2-8-31-21)20(30)26-16(19(28)29)9-12-3-5-13(6-4-12)25-18(27)17-14(22)10-24-11-15(17)23/h3-6,10-11,16H,2,7-9H2,1H3,(H,25,27)(H,26,30)(H,28,29)/t16-,21+/m0/s1. The molecule has 2 atom stereocenters. The summed E-state index contributed by atoms with van der Waals surface area (Å²) < 4.78 is 5.47. The average molecular weight is 466 g/mol. The lowest BCUT2D eigenvalue weighted by Gasteiger charge is -2.24. The predicted octanol–water partition coefficient (Wildman–Crippen LogP) is 3.32. The third-order valence-electron chi connectivity index (χ3n) is 5.03. The molecule has 0 bridgehead atoms. The number of pyridine rings is 1. The number of anilines is 1. The largest absolute Gasteiger partial charge is 0.480 e. The number of carboxylic acid groups (broad SMARTS) is 1. The van der Waals surface area contributed by atoms with E-state index < -0.39 is 29.4 Å². The van der Waals surface area contributed by atoms with Crippen LogP contribution in [0.2, 0.25) is 10.0 Å². The van der Waals surface area contributed by atoms with Gasteiger partial charge in [0.25, 0.3) is 11.8 Å². The SMILES string of the molecule is C[C@]1(C(=O)N[C@@H](Cc2ccc(NC(=O)c3c(Cl)cncc3Cl)cc2)C(=O)O)CCCO1. The van der Waals surface area contributed by atoms with E-state index >= 15 is 0 Å². The maximum absolute atomic E-state index is 12.5. The first-order chi connectivity index (χ1) is 14.7. The third-order valence-corrected chi connectivity index (χ3v) is 5.61. The molecule has 10 heteroatoms. The fourth-order valence-electron chi connectivity index (χ4n) is 3.25. The number of ether oxygens (including phenoxy) is 1. The Balaban J connectivity index is 1.65. The van der Waals surface area contributed by atoms with Crippen molar-refractivity contribution in [1.82, 2.24) is 10.3 Å². The van der Waals surface area contributed by atoms with Gasteiger partial charge in [-0.3, -0.25) is 14.6 Å². The highest BCUT2D eigenvalue weighted by Gasteiger charge is 2.39. The summed E-state index contributed by atoms with van der Waals surface area (Å²) in [5.74, 6) is -2.08. The molecule has 164 valence electrons. The van der Waals surface area contributed by atoms with Crippen molar-refractivity contribution in [1.29, 1.82) is 0 Å². The van der Waals surface area contributed by atoms with Gasteiger partial charge in [-0.15, -0.1) is 0 Å². The molecule has 1 aliphatic heterocycles. The molecule has 1 aromatic heterocycles. The molecule has 3 rings (SSSR count). The number of carboxylic acids is 1. The van der Waals surface area contributed by atoms with Crippen LogP contribution in [0.25, 0.3) is 0 Å². The normalized spacial score (nSPS) is 18.9. The number of hydrogen-bond donors (Lipinski definition) is 3. The van der Waals surface area contributed by atoms with Gasteiger partial charge in [-0.2, -0.15) is 0 Å². The van der Waals surface area contributed by atoms with Crippen LogP contribution in [-0.2, 0) is 20.7 Å². The van der Waals surface area contributed by atoms with E-state index in [4.69, 9.17) is 27.9 Å². The second-order valence-corrected chi connectivity index (χ2v) is 8.19. The first-order valence-electron chi connectivity index (χ1n) is 9.56. The number of rotatable bonds is 7. The number of benzene rings is 1. The number of amides is 2. The van der Waals surface area contributed by atoms with E-state index in [2.05, 4.69) is 15.6 Å². The van der Waals surface area contributed by atoms with Gasteiger partial charge in [-0.1, -0.05) is 35.3 Å². The van der Waals surface area contributed by atoms with Gasteiger partial charge in [-0.25, -0.2) is 4.79 Å². The van der Waals surface area contributed by atoms with Crippen LogP contribution in [0.5, 0.6) is 0 Å². The van der Waals surface area contributed by atoms with Crippen LogP contribution in [0.1, 0.15) is 35.7 Å². The molecular formula is C21H21Cl2N3O5. The van der Waals surface area contributed by atoms with Gasteiger partial charge in [-0.05, 0) is 37.5 Å². The fraction of sp³-hybridized carbons (Fsp3) is 0.333. The summed E-state index contributed by atoms with van der Waals surface area (Å²) in [6.07, 6.45) is 4.02. The quantitative estimate of drug-likeness (QED) is 0.577. The van der Waals surface area contributed by atoms with Gasteiger partial charge in [0, 0.05) is 31.1 Å². The minimum atomic E-state index is -1.14. The Morgan fingerprint density at radius 1 is 1.19 bits per heavy atom. The summed E-state index contributed by atoms with van der Waals surface area (Å²) >= 11 is 12.0. The molecule has 1 saturated heterocycles. The summed E-state index contributed by atoms with van der Waals surface area (Å²) in [5.41, 5.74) is 0.250. The Hall–Kier alpha value is -2.68. The first kappa shape index (κ1) is 23.0. The number of aliphatic carboxylic acids is 1. The molecule has 2 amide bonds. The highest BCUT2D eigenvalue weighted by Crippen LogP contribution is 2.26. The molecule has 1 aliphatic rings. The van der Waals surface area contributed by atoms with Crippen molar-refractivity contribution in [2.24, 2.45) is 0 Å². The van der Waals surface area contributed by atoms with Gasteiger partial charge in [0.2, 0.25) is 0 Å². The van der Waals surface area contributed by atoms with Crippen molar-refractivity contribution in [3.8, 4) is 0 Å². The van der Waals surface area contributed by atoms with Crippen molar-refractivity contribution in [3.05, 3.63) is 57.8 Å². The number of carbonyl (C=O) groups is 3. The number of hydrogen-bond acceptors (Lipinski definition) is 5. The molecule has 1 fully saturated rings. The van der Waals surface area contributed by atoms with Crippen LogP contribution in [0.3, 0.4) is 0 Å². The zero-order valence-corrected chi connectivity index (χ0v) is 18.2. The molecule has 0 radical (unpaired) electrons. The summed E-state index contributed by atoms with van der Waals surface area (Å²) in [5, 5.41) is 15.0. The lowest BCUT2D eigenvalue weighted by molar-refractivity contribution is -0.147. The van der Waals surface area contributed by atoms with Crippen LogP contribution in [0.15, 0.2) is 36.7 Å². The molecule has 31 heavy (non-hydrogen) atoms. The summed E-state index contributed by atoms with van der Waals surface area (Å²) in [4.78, 5) is 40.4. The van der Waals surface area contributed by atoms with Crippen molar-refractivity contribution in [2.75, 3.05) is 11.9 Å². The number of halogens is 2. The van der Waals surface area contributed by atoms with E-state index in [1.165, 1.54) is 12.4 Å². The molecule has 0 unspecified atom stereocenters. The zero-order chi connectivity index (χ0) is 22.6. The van der Waals surface area contributed by atoms with Crippen LogP contribution in [0, 0.1) is 0 Å². The topological polar surface area (TPSA) is 118 Å². The molecule has 0 aliphatic carbocycles. The lowest BCUT2D eigenvalue weighted by atomic mass is 10.00. The van der Waals surface area contributed by atoms with Gasteiger partial charge < -0.3 is 20.5 Å². The number of aromatic nitrogens is 1. The van der Waals surface area contributed by atoms with E-state index in [0.717, 1.165) is 6.42 Å². The van der Waals surface area contributed by atoms with Crippen LogP contribution in [-0.4, -0.2) is 46.1 Å². The molecule has 3 N–H and O–H groups in total. The van der Waals surface area contributed by atoms with E-state index in [1.807, 2.05) is 0 Å².